The van der Waals surface area contributed by atoms with E-state index in [2.05, 4.69) is 31.0 Å². The number of ether oxygens (including phenoxy) is 1. The summed E-state index contributed by atoms with van der Waals surface area (Å²) in [5.74, 6) is 1.29. The molecule has 246 valence electrons. The maximum atomic E-state index is 13.8. The highest BCUT2D eigenvalue weighted by atomic mass is 16.5. The van der Waals surface area contributed by atoms with Crippen molar-refractivity contribution in [2.75, 3.05) is 6.54 Å². The van der Waals surface area contributed by atoms with Gasteiger partial charge in [0.15, 0.2) is 0 Å². The summed E-state index contributed by atoms with van der Waals surface area (Å²) in [4.78, 5) is 20.9. The summed E-state index contributed by atoms with van der Waals surface area (Å²) < 4.78 is 6.61. The van der Waals surface area contributed by atoms with Gasteiger partial charge in [-0.2, -0.15) is 0 Å². The topological polar surface area (TPSA) is 94.4 Å². The summed E-state index contributed by atoms with van der Waals surface area (Å²) in [5, 5.41) is 25.7. The second-order valence-corrected chi connectivity index (χ2v) is 14.3. The fourth-order valence-corrected chi connectivity index (χ4v) is 7.92. The van der Waals surface area contributed by atoms with E-state index in [0.717, 1.165) is 78.7 Å². The van der Waals surface area contributed by atoms with Gasteiger partial charge in [0.05, 0.1) is 18.7 Å². The van der Waals surface area contributed by atoms with E-state index >= 15 is 0 Å². The third-order valence-corrected chi connectivity index (χ3v) is 10.6. The first-order valence-corrected chi connectivity index (χ1v) is 17.4. The summed E-state index contributed by atoms with van der Waals surface area (Å²) in [6.07, 6.45) is 11.4. The van der Waals surface area contributed by atoms with Crippen LogP contribution in [-0.4, -0.2) is 63.3 Å². The molecule has 2 heterocycles. The monoisotopic (exact) mass is 625 g/mol. The summed E-state index contributed by atoms with van der Waals surface area (Å²) in [6.45, 7) is 8.57. The van der Waals surface area contributed by atoms with Crippen molar-refractivity contribution in [1.29, 1.82) is 0 Å². The number of allylic oxidation sites excluding steroid dienone is 1. The van der Waals surface area contributed by atoms with E-state index < -0.39 is 18.4 Å². The molecule has 46 heavy (non-hydrogen) atoms. The van der Waals surface area contributed by atoms with Crippen molar-refractivity contribution in [3.05, 3.63) is 83.6 Å². The average molecular weight is 626 g/mol. The van der Waals surface area contributed by atoms with Crippen molar-refractivity contribution in [2.45, 2.75) is 121 Å². The summed E-state index contributed by atoms with van der Waals surface area (Å²) >= 11 is 0. The summed E-state index contributed by atoms with van der Waals surface area (Å²) in [6, 6.07) is 15.9. The van der Waals surface area contributed by atoms with Crippen LogP contribution in [0, 0.1) is 5.92 Å². The second-order valence-electron chi connectivity index (χ2n) is 14.3. The zero-order chi connectivity index (χ0) is 32.3. The molecule has 4 aliphatic rings. The van der Waals surface area contributed by atoms with Gasteiger partial charge in [0.25, 0.3) is 0 Å². The molecule has 7 heteroatoms. The first kappa shape index (κ1) is 32.5. The Morgan fingerprint density at radius 2 is 1.91 bits per heavy atom. The molecule has 2 aliphatic heterocycles. The van der Waals surface area contributed by atoms with Crippen LogP contribution in [0.4, 0.5) is 0 Å². The highest BCUT2D eigenvalue weighted by molar-refractivity contribution is 6.05. The maximum absolute atomic E-state index is 13.8. The lowest BCUT2D eigenvalue weighted by Crippen LogP contribution is -2.49. The number of fused-ring (bicyclic) bond motifs is 1. The standard InChI is InChI=1S/C39H51N3O4/c1-26(2)29-14-16-36-32(22-29)34(23-39(46-36)18-7-8-19-39)40-24-35(43)33(21-28-11-5-4-6-12-28)41-38(45)30-15-17-37(44)42(25-30)31-13-9-10-27(3)20-31/h4-6,11-12,14,16,22,25,27,31,33,35,37,43-44H,1,7-10,13,15,17-21,23-24H2,2-3H3,(H,41,45)/t27?,31?,33-,35+,37?/m0/s1. The van der Waals surface area contributed by atoms with Gasteiger partial charge in [-0.3, -0.25) is 9.79 Å². The number of hydrogen-bond donors (Lipinski definition) is 3. The van der Waals surface area contributed by atoms with Crippen LogP contribution in [0.15, 0.2) is 71.9 Å². The average Bonchev–Trinajstić information content (AvgIpc) is 3.50. The van der Waals surface area contributed by atoms with Crippen LogP contribution >= 0.6 is 0 Å². The van der Waals surface area contributed by atoms with Gasteiger partial charge >= 0.3 is 0 Å². The van der Waals surface area contributed by atoms with E-state index in [1.807, 2.05) is 54.4 Å². The van der Waals surface area contributed by atoms with E-state index in [1.165, 1.54) is 6.42 Å². The second kappa shape index (κ2) is 14.1. The maximum Gasteiger partial charge on any atom is 0.248 e. The lowest BCUT2D eigenvalue weighted by atomic mass is 9.85. The summed E-state index contributed by atoms with van der Waals surface area (Å²) in [7, 11) is 0. The minimum Gasteiger partial charge on any atom is -0.486 e. The molecule has 3 unspecified atom stereocenters. The van der Waals surface area contributed by atoms with Gasteiger partial charge in [-0.25, -0.2) is 0 Å². The number of aliphatic imine (C=N–C) groups is 1. The van der Waals surface area contributed by atoms with Crippen LogP contribution in [0.2, 0.25) is 0 Å². The number of carbonyl (C=O) groups excluding carboxylic acids is 1. The number of aliphatic hydroxyl groups excluding tert-OH is 2. The minimum absolute atomic E-state index is 0.170. The van der Waals surface area contributed by atoms with Crippen LogP contribution in [0.3, 0.4) is 0 Å². The Morgan fingerprint density at radius 1 is 1.13 bits per heavy atom. The third-order valence-electron chi connectivity index (χ3n) is 10.6. The molecule has 2 aliphatic carbocycles. The molecule has 0 saturated heterocycles. The number of carbonyl (C=O) groups is 1. The number of rotatable bonds is 9. The normalized spacial score (nSPS) is 26.2. The number of aliphatic hydroxyl groups is 2. The molecule has 5 atom stereocenters. The van der Waals surface area contributed by atoms with Gasteiger partial charge in [0, 0.05) is 35.5 Å². The molecule has 2 fully saturated rings. The number of amides is 1. The van der Waals surface area contributed by atoms with Crippen LogP contribution in [0.5, 0.6) is 5.75 Å². The predicted octanol–water partition coefficient (Wildman–Crippen LogP) is 6.57. The SMILES string of the molecule is C=C(C)c1ccc2c(c1)C(=NC[C@@H](O)[C@H](Cc1ccccc1)NC(=O)C1=CN(C3CCCC(C)C3)C(O)CC1)CC1(CCCC1)O2. The van der Waals surface area contributed by atoms with E-state index in [4.69, 9.17) is 9.73 Å². The van der Waals surface area contributed by atoms with E-state index in [1.54, 1.807) is 0 Å². The Balaban J connectivity index is 1.23. The molecule has 2 saturated carbocycles. The molecule has 1 amide bonds. The number of benzene rings is 2. The Bertz CT molecular complexity index is 1460. The Morgan fingerprint density at radius 3 is 2.65 bits per heavy atom. The Labute approximate surface area is 274 Å². The first-order chi connectivity index (χ1) is 22.2. The first-order valence-electron chi connectivity index (χ1n) is 17.4. The molecule has 6 rings (SSSR count). The molecule has 7 nitrogen and oxygen atoms in total. The molecule has 2 aromatic rings. The zero-order valence-electron chi connectivity index (χ0n) is 27.6. The lowest BCUT2D eigenvalue weighted by Gasteiger charge is -2.41. The molecular formula is C39H51N3O4. The largest absolute Gasteiger partial charge is 0.486 e. The van der Waals surface area contributed by atoms with E-state index in [-0.39, 0.29) is 24.1 Å². The lowest BCUT2D eigenvalue weighted by molar-refractivity contribution is -0.119. The summed E-state index contributed by atoms with van der Waals surface area (Å²) in [5.41, 5.74) is 5.42. The van der Waals surface area contributed by atoms with Gasteiger partial charge < -0.3 is 25.2 Å². The van der Waals surface area contributed by atoms with Crippen LogP contribution in [0.25, 0.3) is 5.57 Å². The van der Waals surface area contributed by atoms with Crippen molar-refractivity contribution in [3.63, 3.8) is 0 Å². The Kier molecular flexibility index (Phi) is 10.00. The fourth-order valence-electron chi connectivity index (χ4n) is 7.92. The third kappa shape index (κ3) is 7.42. The van der Waals surface area contributed by atoms with Gasteiger partial charge in [-0.05, 0) is 93.9 Å². The van der Waals surface area contributed by atoms with Crippen LogP contribution in [0.1, 0.15) is 101 Å². The molecule has 3 N–H and O–H groups in total. The molecule has 2 aromatic carbocycles. The van der Waals surface area contributed by atoms with Gasteiger partial charge in [-0.15, -0.1) is 0 Å². The van der Waals surface area contributed by atoms with Crippen LogP contribution < -0.4 is 10.1 Å². The highest BCUT2D eigenvalue weighted by Gasteiger charge is 2.42. The fraction of sp³-hybridized carbons (Fsp3) is 0.538. The van der Waals surface area contributed by atoms with Crippen LogP contribution in [-0.2, 0) is 11.2 Å². The number of nitrogens with one attached hydrogen (secondary N) is 1. The smallest absolute Gasteiger partial charge is 0.248 e. The highest BCUT2D eigenvalue weighted by Crippen LogP contribution is 2.44. The van der Waals surface area contributed by atoms with Gasteiger partial charge in [0.2, 0.25) is 5.91 Å². The van der Waals surface area contributed by atoms with Gasteiger partial charge in [0.1, 0.15) is 17.6 Å². The molecule has 0 bridgehead atoms. The van der Waals surface area contributed by atoms with Crippen molar-refractivity contribution < 1.29 is 19.7 Å². The zero-order valence-corrected chi connectivity index (χ0v) is 27.6. The molecular weight excluding hydrogens is 574 g/mol. The van der Waals surface area contributed by atoms with Crippen molar-refractivity contribution in [1.82, 2.24) is 10.2 Å². The van der Waals surface area contributed by atoms with Crippen molar-refractivity contribution in [3.8, 4) is 5.75 Å². The quantitative estimate of drug-likeness (QED) is 0.293. The van der Waals surface area contributed by atoms with E-state index in [0.29, 0.717) is 37.2 Å². The van der Waals surface area contributed by atoms with Crippen molar-refractivity contribution >= 4 is 17.2 Å². The van der Waals surface area contributed by atoms with Crippen molar-refractivity contribution in [2.24, 2.45) is 10.9 Å². The minimum atomic E-state index is -0.892. The van der Waals surface area contributed by atoms with Gasteiger partial charge in [-0.1, -0.05) is 68.3 Å². The van der Waals surface area contributed by atoms with E-state index in [9.17, 15) is 15.0 Å². The molecule has 0 radical (unpaired) electrons. The predicted molar refractivity (Wildman–Crippen MR) is 184 cm³/mol. The molecule has 1 spiro atoms. The number of nitrogens with zero attached hydrogens (tertiary/aromatic N) is 2. The number of hydrogen-bond acceptors (Lipinski definition) is 6. The molecule has 0 aromatic heterocycles. The Hall–Kier alpha value is -3.42.